The van der Waals surface area contributed by atoms with Crippen LogP contribution in [0.1, 0.15) is 67.6 Å². The van der Waals surface area contributed by atoms with Crippen molar-refractivity contribution in [1.82, 2.24) is 19.4 Å². The molecule has 0 spiro atoms. The molecule has 0 unspecified atom stereocenters. The second-order valence-electron chi connectivity index (χ2n) is 9.76. The number of nitrogens with one attached hydrogen (secondary N) is 1. The monoisotopic (exact) mass is 497 g/mol. The van der Waals surface area contributed by atoms with E-state index in [2.05, 4.69) is 26.3 Å². The highest BCUT2D eigenvalue weighted by Crippen LogP contribution is 2.32. The second kappa shape index (κ2) is 9.69. The van der Waals surface area contributed by atoms with Crippen LogP contribution in [0, 0.1) is 12.7 Å². The SMILES string of the molecule is Cc1nc(N[C@H](C)c2cccc(C(F)F)c2F)c2cc(C3=CCN(C4CCC4)CC3)c(=O)n(C)c2n1. The van der Waals surface area contributed by atoms with Gasteiger partial charge in [-0.25, -0.2) is 23.1 Å². The van der Waals surface area contributed by atoms with E-state index >= 15 is 0 Å². The number of nitrogens with zero attached hydrogens (tertiary/aromatic N) is 4. The number of fused-ring (bicyclic) bond motifs is 1. The summed E-state index contributed by atoms with van der Waals surface area (Å²) in [5.74, 6) is -0.0648. The van der Waals surface area contributed by atoms with Crippen molar-refractivity contribution in [1.29, 1.82) is 0 Å². The molecule has 190 valence electrons. The number of halogens is 3. The van der Waals surface area contributed by atoms with Crippen LogP contribution in [0.3, 0.4) is 0 Å². The number of aromatic nitrogens is 3. The van der Waals surface area contributed by atoms with Gasteiger partial charge in [0.1, 0.15) is 23.1 Å². The van der Waals surface area contributed by atoms with E-state index < -0.39 is 23.8 Å². The summed E-state index contributed by atoms with van der Waals surface area (Å²) in [5.41, 5.74) is 1.43. The van der Waals surface area contributed by atoms with Crippen LogP contribution in [0.2, 0.25) is 0 Å². The largest absolute Gasteiger partial charge is 0.363 e. The number of hydrogen-bond acceptors (Lipinski definition) is 5. The lowest BCUT2D eigenvalue weighted by Crippen LogP contribution is -2.42. The van der Waals surface area contributed by atoms with Crippen LogP contribution in [0.25, 0.3) is 16.6 Å². The number of alkyl halides is 2. The molecule has 0 amide bonds. The summed E-state index contributed by atoms with van der Waals surface area (Å²) in [4.78, 5) is 24.8. The maximum atomic E-state index is 14.8. The zero-order valence-electron chi connectivity index (χ0n) is 20.7. The van der Waals surface area contributed by atoms with Crippen LogP contribution in [-0.2, 0) is 7.05 Å². The third-order valence-corrected chi connectivity index (χ3v) is 7.47. The van der Waals surface area contributed by atoms with Crippen molar-refractivity contribution in [3.05, 3.63) is 69.0 Å². The first kappa shape index (κ1) is 24.5. The van der Waals surface area contributed by atoms with Crippen LogP contribution < -0.4 is 10.9 Å². The average Bonchev–Trinajstić information content (AvgIpc) is 2.81. The molecule has 0 radical (unpaired) electrons. The third-order valence-electron chi connectivity index (χ3n) is 7.47. The summed E-state index contributed by atoms with van der Waals surface area (Å²) in [7, 11) is 1.68. The highest BCUT2D eigenvalue weighted by molar-refractivity contribution is 5.89. The zero-order chi connectivity index (χ0) is 25.6. The van der Waals surface area contributed by atoms with Gasteiger partial charge in [-0.15, -0.1) is 0 Å². The minimum Gasteiger partial charge on any atom is -0.363 e. The maximum absolute atomic E-state index is 14.8. The number of pyridine rings is 1. The highest BCUT2D eigenvalue weighted by Gasteiger charge is 2.27. The van der Waals surface area contributed by atoms with Crippen LogP contribution in [0.5, 0.6) is 0 Å². The van der Waals surface area contributed by atoms with E-state index in [1.807, 2.05) is 6.07 Å². The van der Waals surface area contributed by atoms with Crippen molar-refractivity contribution < 1.29 is 13.2 Å². The lowest BCUT2D eigenvalue weighted by Gasteiger charge is -2.39. The molecular formula is C27H30F3N5O. The second-order valence-corrected chi connectivity index (χ2v) is 9.76. The molecule has 2 aromatic heterocycles. The molecule has 1 aromatic carbocycles. The minimum atomic E-state index is -2.90. The Kier molecular flexibility index (Phi) is 6.59. The summed E-state index contributed by atoms with van der Waals surface area (Å²) < 4.78 is 42.8. The fraction of sp³-hybridized carbons (Fsp3) is 0.444. The van der Waals surface area contributed by atoms with Crippen LogP contribution >= 0.6 is 0 Å². The molecule has 3 heterocycles. The first-order valence-electron chi connectivity index (χ1n) is 12.4. The molecule has 0 bridgehead atoms. The van der Waals surface area contributed by atoms with Gasteiger partial charge in [-0.2, -0.15) is 0 Å². The molecule has 1 atom stereocenters. The van der Waals surface area contributed by atoms with Crippen LogP contribution in [0.15, 0.2) is 35.1 Å². The average molecular weight is 498 g/mol. The van der Waals surface area contributed by atoms with Gasteiger partial charge in [-0.1, -0.05) is 30.7 Å². The number of anilines is 1. The van der Waals surface area contributed by atoms with E-state index in [1.165, 1.54) is 36.0 Å². The summed E-state index contributed by atoms with van der Waals surface area (Å²) >= 11 is 0. The van der Waals surface area contributed by atoms with Crippen molar-refractivity contribution in [2.45, 2.75) is 58.0 Å². The molecule has 1 N–H and O–H groups in total. The maximum Gasteiger partial charge on any atom is 0.266 e. The minimum absolute atomic E-state index is 0.119. The van der Waals surface area contributed by atoms with Gasteiger partial charge >= 0.3 is 0 Å². The zero-order valence-corrected chi connectivity index (χ0v) is 20.7. The van der Waals surface area contributed by atoms with Crippen molar-refractivity contribution in [3.8, 4) is 0 Å². The Morgan fingerprint density at radius 1 is 1.17 bits per heavy atom. The molecule has 1 aliphatic heterocycles. The molecule has 2 aliphatic rings. The smallest absolute Gasteiger partial charge is 0.266 e. The third kappa shape index (κ3) is 4.40. The predicted molar refractivity (Wildman–Crippen MR) is 135 cm³/mol. The molecule has 1 saturated carbocycles. The van der Waals surface area contributed by atoms with E-state index in [0.717, 1.165) is 31.1 Å². The predicted octanol–water partition coefficient (Wildman–Crippen LogP) is 5.53. The van der Waals surface area contributed by atoms with Gasteiger partial charge in [0.15, 0.2) is 0 Å². The lowest BCUT2D eigenvalue weighted by molar-refractivity contribution is 0.141. The van der Waals surface area contributed by atoms with E-state index in [-0.39, 0.29) is 11.1 Å². The Morgan fingerprint density at radius 3 is 2.56 bits per heavy atom. The quantitative estimate of drug-likeness (QED) is 0.485. The standard InChI is InChI=1S/C27H30F3N5O/c1-15(19-8-5-9-20(23(19)28)24(29)30)31-25-22-14-21(27(36)34(3)26(22)33-16(2)32-25)17-10-12-35(13-11-17)18-6-4-7-18/h5,8-10,14-15,18,24H,4,6-7,11-13H2,1-3H3,(H,31,32,33)/t15-/m1/s1. The van der Waals surface area contributed by atoms with Gasteiger partial charge < -0.3 is 5.32 Å². The Labute approximate surface area is 207 Å². The molecule has 9 heteroatoms. The lowest BCUT2D eigenvalue weighted by atomic mass is 9.89. The van der Waals surface area contributed by atoms with Crippen LogP contribution in [0.4, 0.5) is 19.0 Å². The fourth-order valence-electron chi connectivity index (χ4n) is 5.15. The van der Waals surface area contributed by atoms with E-state index in [9.17, 15) is 18.0 Å². The van der Waals surface area contributed by atoms with Gasteiger partial charge in [-0.05, 0) is 44.7 Å². The van der Waals surface area contributed by atoms with Crippen molar-refractivity contribution >= 4 is 22.4 Å². The Hall–Kier alpha value is -3.20. The van der Waals surface area contributed by atoms with E-state index in [0.29, 0.717) is 34.3 Å². The fourth-order valence-corrected chi connectivity index (χ4v) is 5.15. The van der Waals surface area contributed by atoms with Crippen molar-refractivity contribution in [2.75, 3.05) is 18.4 Å². The molecule has 1 aliphatic carbocycles. The molecule has 0 saturated heterocycles. The molecule has 1 fully saturated rings. The van der Waals surface area contributed by atoms with Crippen LogP contribution in [-0.4, -0.2) is 38.6 Å². The number of aryl methyl sites for hydroxylation is 2. The number of benzene rings is 1. The summed E-state index contributed by atoms with van der Waals surface area (Å²) in [5, 5.41) is 3.81. The van der Waals surface area contributed by atoms with Gasteiger partial charge in [0.05, 0.1) is 17.0 Å². The first-order valence-corrected chi connectivity index (χ1v) is 12.4. The summed E-state index contributed by atoms with van der Waals surface area (Å²) in [6.45, 7) is 5.15. The topological polar surface area (TPSA) is 63.1 Å². The van der Waals surface area contributed by atoms with E-state index in [4.69, 9.17) is 0 Å². The van der Waals surface area contributed by atoms with E-state index in [1.54, 1.807) is 20.9 Å². The van der Waals surface area contributed by atoms with Crippen molar-refractivity contribution in [3.63, 3.8) is 0 Å². The van der Waals surface area contributed by atoms with Gasteiger partial charge in [-0.3, -0.25) is 14.3 Å². The first-order chi connectivity index (χ1) is 17.2. The number of hydrogen-bond donors (Lipinski definition) is 1. The van der Waals surface area contributed by atoms with Gasteiger partial charge in [0.25, 0.3) is 12.0 Å². The molecule has 3 aromatic rings. The molecule has 5 rings (SSSR count). The number of rotatable bonds is 6. The summed E-state index contributed by atoms with van der Waals surface area (Å²) in [6, 6.07) is 5.81. The Bertz CT molecular complexity index is 1400. The molecule has 6 nitrogen and oxygen atoms in total. The Morgan fingerprint density at radius 2 is 1.92 bits per heavy atom. The van der Waals surface area contributed by atoms with Crippen molar-refractivity contribution in [2.24, 2.45) is 7.05 Å². The summed E-state index contributed by atoms with van der Waals surface area (Å²) in [6.07, 6.45) is 3.79. The van der Waals surface area contributed by atoms with Gasteiger partial charge in [0, 0.05) is 37.3 Å². The Balaban J connectivity index is 1.53. The molecular weight excluding hydrogens is 467 g/mol. The highest BCUT2D eigenvalue weighted by atomic mass is 19.3. The normalized spacial score (nSPS) is 17.8. The van der Waals surface area contributed by atoms with Gasteiger partial charge in [0.2, 0.25) is 0 Å². The molecule has 36 heavy (non-hydrogen) atoms.